The van der Waals surface area contributed by atoms with Crippen LogP contribution in [0.25, 0.3) is 0 Å². The van der Waals surface area contributed by atoms with E-state index in [1.54, 1.807) is 12.1 Å². The molecule has 2 aromatic carbocycles. The predicted octanol–water partition coefficient (Wildman–Crippen LogP) is 7.13. The summed E-state index contributed by atoms with van der Waals surface area (Å²) in [5.41, 5.74) is 2.64. The van der Waals surface area contributed by atoms with E-state index in [-0.39, 0.29) is 5.41 Å². The molecule has 28 heavy (non-hydrogen) atoms. The maximum absolute atomic E-state index is 9.90. The van der Waals surface area contributed by atoms with Crippen molar-refractivity contribution in [2.45, 2.75) is 64.7 Å². The first-order valence-electron chi connectivity index (χ1n) is 10.5. The zero-order chi connectivity index (χ0) is 20.7. The van der Waals surface area contributed by atoms with Gasteiger partial charge in [-0.15, -0.1) is 6.58 Å². The van der Waals surface area contributed by atoms with Crippen LogP contribution in [0.5, 0.6) is 5.75 Å². The van der Waals surface area contributed by atoms with Crippen LogP contribution in [-0.2, 0) is 11.8 Å². The van der Waals surface area contributed by atoms with Gasteiger partial charge in [0.05, 0.1) is 0 Å². The quantitative estimate of drug-likeness (QED) is 0.346. The first kappa shape index (κ1) is 23.7. The molecule has 0 fully saturated rings. The topological polar surface area (TPSA) is 32.6 Å². The second kappa shape index (κ2) is 13.8. The van der Waals surface area contributed by atoms with Crippen LogP contribution in [0.2, 0.25) is 0 Å². The number of rotatable bonds is 10. The van der Waals surface area contributed by atoms with Gasteiger partial charge in [0.15, 0.2) is 0 Å². The van der Waals surface area contributed by atoms with Gasteiger partial charge < -0.3 is 5.11 Å². The van der Waals surface area contributed by atoms with Crippen molar-refractivity contribution in [2.24, 2.45) is 4.99 Å². The summed E-state index contributed by atoms with van der Waals surface area (Å²) in [6, 6.07) is 18.3. The largest absolute Gasteiger partial charge is 0.508 e. The van der Waals surface area contributed by atoms with Crippen LogP contribution in [0.1, 0.15) is 64.0 Å². The van der Waals surface area contributed by atoms with Gasteiger partial charge in [-0.3, -0.25) is 4.99 Å². The lowest BCUT2D eigenvalue weighted by atomic mass is 9.72. The minimum Gasteiger partial charge on any atom is -0.508 e. The van der Waals surface area contributed by atoms with Crippen LogP contribution in [-0.4, -0.2) is 17.9 Å². The molecule has 1 unspecified atom stereocenters. The van der Waals surface area contributed by atoms with Crippen LogP contribution in [0, 0.1) is 0 Å². The molecule has 0 aliphatic heterocycles. The van der Waals surface area contributed by atoms with Crippen molar-refractivity contribution in [1.82, 2.24) is 0 Å². The van der Waals surface area contributed by atoms with Crippen molar-refractivity contribution in [2.75, 3.05) is 6.54 Å². The maximum Gasteiger partial charge on any atom is 0.115 e. The summed E-state index contributed by atoms with van der Waals surface area (Å²) in [6.45, 7) is 10.6. The number of nitrogens with zero attached hydrogens (tertiary/aromatic N) is 1. The fraction of sp³-hybridized carbons (Fsp3) is 0.423. The van der Waals surface area contributed by atoms with E-state index in [2.05, 4.69) is 62.0 Å². The van der Waals surface area contributed by atoms with E-state index in [0.29, 0.717) is 5.75 Å². The number of hydrogen-bond acceptors (Lipinski definition) is 2. The zero-order valence-corrected chi connectivity index (χ0v) is 17.9. The van der Waals surface area contributed by atoms with Gasteiger partial charge >= 0.3 is 0 Å². The second-order valence-electron chi connectivity index (χ2n) is 7.22. The molecule has 0 saturated heterocycles. The molecule has 0 spiro atoms. The minimum absolute atomic E-state index is 0.0744. The van der Waals surface area contributed by atoms with E-state index in [9.17, 15) is 5.11 Å². The molecule has 0 heterocycles. The monoisotopic (exact) mass is 379 g/mol. The minimum atomic E-state index is 0.0744. The van der Waals surface area contributed by atoms with E-state index in [1.165, 1.54) is 24.0 Å². The highest BCUT2D eigenvalue weighted by Gasteiger charge is 2.29. The van der Waals surface area contributed by atoms with E-state index < -0.39 is 0 Å². The van der Waals surface area contributed by atoms with Gasteiger partial charge in [-0.2, -0.15) is 0 Å². The van der Waals surface area contributed by atoms with Gasteiger partial charge in [-0.1, -0.05) is 75.2 Å². The molecule has 1 N–H and O–H groups in total. The molecule has 0 amide bonds. The molecule has 0 bridgehead atoms. The Kier molecular flexibility index (Phi) is 11.6. The van der Waals surface area contributed by atoms with E-state index in [4.69, 9.17) is 0 Å². The van der Waals surface area contributed by atoms with E-state index in [0.717, 1.165) is 32.2 Å². The summed E-state index contributed by atoms with van der Waals surface area (Å²) in [5.74, 6) is 0.354. The van der Waals surface area contributed by atoms with Crippen LogP contribution in [0.15, 0.2) is 72.2 Å². The van der Waals surface area contributed by atoms with Crippen molar-refractivity contribution in [3.8, 4) is 5.75 Å². The lowest BCUT2D eigenvalue weighted by Crippen LogP contribution is -2.26. The van der Waals surface area contributed by atoms with Crippen molar-refractivity contribution in [1.29, 1.82) is 0 Å². The number of allylic oxidation sites excluding steroid dienone is 1. The third kappa shape index (κ3) is 8.12. The van der Waals surface area contributed by atoms with Crippen LogP contribution in [0.4, 0.5) is 0 Å². The number of hydrogen-bond donors (Lipinski definition) is 1. The Morgan fingerprint density at radius 1 is 1.07 bits per heavy atom. The van der Waals surface area contributed by atoms with Crippen molar-refractivity contribution >= 4 is 6.21 Å². The summed E-state index contributed by atoms with van der Waals surface area (Å²) in [4.78, 5) is 4.67. The molecular formula is C26H37NO. The first-order chi connectivity index (χ1) is 13.6. The zero-order valence-electron chi connectivity index (χ0n) is 17.9. The number of benzene rings is 2. The molecule has 0 aromatic heterocycles. The van der Waals surface area contributed by atoms with Gasteiger partial charge in [-0.25, -0.2) is 0 Å². The Hall–Kier alpha value is -2.35. The molecule has 0 saturated carbocycles. The van der Waals surface area contributed by atoms with Crippen molar-refractivity contribution < 1.29 is 5.11 Å². The number of unbranched alkanes of at least 4 members (excludes halogenated alkanes) is 1. The number of aromatic hydroxyl groups is 1. The Labute approximate surface area is 172 Å². The van der Waals surface area contributed by atoms with Crippen LogP contribution in [0.3, 0.4) is 0 Å². The Morgan fingerprint density at radius 3 is 2.39 bits per heavy atom. The first-order valence-corrected chi connectivity index (χ1v) is 10.5. The summed E-state index contributed by atoms with van der Waals surface area (Å²) < 4.78 is 0. The normalized spacial score (nSPS) is 12.8. The molecule has 1 atom stereocenters. The molecule has 2 aromatic rings. The molecule has 0 radical (unpaired) electrons. The number of phenolic OH excluding ortho intramolecular Hbond substituents is 1. The summed E-state index contributed by atoms with van der Waals surface area (Å²) >= 11 is 0. The highest BCUT2D eigenvalue weighted by Crippen LogP contribution is 2.37. The number of phenols is 1. The van der Waals surface area contributed by atoms with Gasteiger partial charge in [0.2, 0.25) is 0 Å². The SMILES string of the molecule is C=CC.CCCCC(CC)(CC=NCCc1ccccc1)c1cccc(O)c1. The van der Waals surface area contributed by atoms with Crippen LogP contribution >= 0.6 is 0 Å². The highest BCUT2D eigenvalue weighted by molar-refractivity contribution is 5.60. The maximum atomic E-state index is 9.90. The summed E-state index contributed by atoms with van der Waals surface area (Å²) in [5, 5.41) is 9.90. The van der Waals surface area contributed by atoms with Gasteiger partial charge in [-0.05, 0) is 62.1 Å². The van der Waals surface area contributed by atoms with Gasteiger partial charge in [0.1, 0.15) is 5.75 Å². The fourth-order valence-corrected chi connectivity index (χ4v) is 3.41. The third-order valence-corrected chi connectivity index (χ3v) is 5.13. The lowest BCUT2D eigenvalue weighted by molar-refractivity contribution is 0.378. The van der Waals surface area contributed by atoms with Crippen LogP contribution < -0.4 is 0 Å². The van der Waals surface area contributed by atoms with Gasteiger partial charge in [0.25, 0.3) is 0 Å². The second-order valence-corrected chi connectivity index (χ2v) is 7.22. The third-order valence-electron chi connectivity index (χ3n) is 5.13. The van der Waals surface area contributed by atoms with E-state index in [1.807, 2.05) is 25.1 Å². The highest BCUT2D eigenvalue weighted by atomic mass is 16.3. The molecule has 2 heteroatoms. The smallest absolute Gasteiger partial charge is 0.115 e. The molecule has 0 aliphatic carbocycles. The predicted molar refractivity (Wildman–Crippen MR) is 124 cm³/mol. The standard InChI is InChI=1S/C23H31NO.C3H6/c1-3-5-15-23(4-2,21-12-9-13-22(25)19-21)16-18-24-17-14-20-10-7-6-8-11-20;1-3-2/h6-13,18-19,25H,3-5,14-17H2,1-2H3;3H,1H2,2H3. The van der Waals surface area contributed by atoms with Gasteiger partial charge in [0, 0.05) is 12.0 Å². The Balaban J connectivity index is 0.00000122. The molecule has 0 aliphatic rings. The lowest BCUT2D eigenvalue weighted by Gasteiger charge is -2.32. The Morgan fingerprint density at radius 2 is 1.79 bits per heavy atom. The average Bonchev–Trinajstić information content (AvgIpc) is 2.72. The molecule has 2 rings (SSSR count). The summed E-state index contributed by atoms with van der Waals surface area (Å²) in [6.07, 6.45) is 10.3. The molecular weight excluding hydrogens is 342 g/mol. The molecule has 152 valence electrons. The Bertz CT molecular complexity index is 693. The van der Waals surface area contributed by atoms with Crippen molar-refractivity contribution in [3.63, 3.8) is 0 Å². The fourth-order valence-electron chi connectivity index (χ4n) is 3.41. The van der Waals surface area contributed by atoms with Crippen molar-refractivity contribution in [3.05, 3.63) is 78.4 Å². The summed E-state index contributed by atoms with van der Waals surface area (Å²) in [7, 11) is 0. The average molecular weight is 380 g/mol. The van der Waals surface area contributed by atoms with E-state index >= 15 is 0 Å². The number of aliphatic imine (C=N–C) groups is 1. The molecule has 2 nitrogen and oxygen atoms in total.